The van der Waals surface area contributed by atoms with Crippen LogP contribution in [-0.2, 0) is 6.42 Å². The summed E-state index contributed by atoms with van der Waals surface area (Å²) in [6.07, 6.45) is 1.53. The van der Waals surface area contributed by atoms with Crippen molar-refractivity contribution in [3.8, 4) is 0 Å². The number of anilines is 2. The number of aromatic nitrogens is 2. The molecular weight excluding hydrogens is 401 g/mol. The van der Waals surface area contributed by atoms with E-state index >= 15 is 0 Å². The van der Waals surface area contributed by atoms with Crippen molar-refractivity contribution in [1.82, 2.24) is 14.3 Å². The summed E-state index contributed by atoms with van der Waals surface area (Å²) < 4.78 is 18.3. The summed E-state index contributed by atoms with van der Waals surface area (Å²) in [5.74, 6) is 0.384. The molecule has 2 aromatic carbocycles. The molecule has 2 heterocycles. The van der Waals surface area contributed by atoms with E-state index < -0.39 is 5.82 Å². The Morgan fingerprint density at radius 2 is 1.90 bits per heavy atom. The number of halogens is 1. The van der Waals surface area contributed by atoms with Gasteiger partial charge < -0.3 is 15.1 Å². The number of carbonyl (C=O) groups is 1. The maximum absolute atomic E-state index is 13.8. The number of nitrogens with one attached hydrogen (secondary N) is 1. The van der Waals surface area contributed by atoms with Crippen LogP contribution in [0.4, 0.5) is 20.0 Å². The Hall–Kier alpha value is -3.00. The summed E-state index contributed by atoms with van der Waals surface area (Å²) in [5.41, 5.74) is 2.63. The van der Waals surface area contributed by atoms with Gasteiger partial charge in [-0.05, 0) is 31.0 Å². The highest BCUT2D eigenvalue weighted by molar-refractivity contribution is 7.09. The zero-order chi connectivity index (χ0) is 20.9. The predicted octanol–water partition coefficient (Wildman–Crippen LogP) is 4.32. The van der Waals surface area contributed by atoms with Crippen LogP contribution in [0, 0.1) is 12.7 Å². The second-order valence-electron chi connectivity index (χ2n) is 7.39. The molecule has 0 unspecified atom stereocenters. The van der Waals surface area contributed by atoms with Crippen LogP contribution in [0.3, 0.4) is 0 Å². The van der Waals surface area contributed by atoms with Crippen molar-refractivity contribution in [2.75, 3.05) is 36.4 Å². The highest BCUT2D eigenvalue weighted by Crippen LogP contribution is 2.21. The molecule has 1 fully saturated rings. The molecule has 1 saturated heterocycles. The van der Waals surface area contributed by atoms with Crippen molar-refractivity contribution in [1.29, 1.82) is 0 Å². The minimum absolute atomic E-state index is 0.202. The molecule has 2 amide bonds. The molecule has 0 atom stereocenters. The number of benzene rings is 2. The molecule has 0 spiro atoms. The van der Waals surface area contributed by atoms with Gasteiger partial charge in [0.15, 0.2) is 0 Å². The first-order chi connectivity index (χ1) is 14.6. The van der Waals surface area contributed by atoms with Gasteiger partial charge in [-0.2, -0.15) is 4.37 Å². The summed E-state index contributed by atoms with van der Waals surface area (Å²) in [5, 5.41) is 3.55. The molecule has 4 rings (SSSR count). The van der Waals surface area contributed by atoms with E-state index in [1.165, 1.54) is 28.7 Å². The summed E-state index contributed by atoms with van der Waals surface area (Å²) in [6, 6.07) is 14.3. The van der Waals surface area contributed by atoms with Gasteiger partial charge in [-0.3, -0.25) is 0 Å². The first kappa shape index (κ1) is 20.3. The quantitative estimate of drug-likeness (QED) is 0.676. The third kappa shape index (κ3) is 4.94. The van der Waals surface area contributed by atoms with E-state index in [4.69, 9.17) is 4.98 Å². The van der Waals surface area contributed by atoms with E-state index in [1.807, 2.05) is 0 Å². The highest BCUT2D eigenvalue weighted by atomic mass is 32.1. The molecule has 0 saturated carbocycles. The first-order valence-corrected chi connectivity index (χ1v) is 10.8. The van der Waals surface area contributed by atoms with Crippen LogP contribution >= 0.6 is 11.5 Å². The molecule has 1 aliphatic rings. The average Bonchev–Trinajstić information content (AvgIpc) is 3.06. The molecule has 0 radical (unpaired) electrons. The van der Waals surface area contributed by atoms with Gasteiger partial charge in [-0.1, -0.05) is 42.0 Å². The molecule has 1 aliphatic heterocycles. The van der Waals surface area contributed by atoms with Crippen molar-refractivity contribution in [3.63, 3.8) is 0 Å². The molecule has 3 aromatic rings. The Labute approximate surface area is 179 Å². The fraction of sp³-hybridized carbons (Fsp3) is 0.318. The molecule has 1 N–H and O–H groups in total. The number of hydrogen-bond acceptors (Lipinski definition) is 5. The minimum atomic E-state index is -0.433. The molecular formula is C22H24FN5OS. The number of carbonyl (C=O) groups excluding carboxylic acids is 1. The predicted molar refractivity (Wildman–Crippen MR) is 118 cm³/mol. The molecule has 0 bridgehead atoms. The number of rotatable bonds is 4. The number of aryl methyl sites for hydroxylation is 1. The van der Waals surface area contributed by atoms with E-state index in [2.05, 4.69) is 45.8 Å². The van der Waals surface area contributed by atoms with Crippen LogP contribution in [-0.4, -0.2) is 46.5 Å². The lowest BCUT2D eigenvalue weighted by atomic mass is 10.1. The summed E-state index contributed by atoms with van der Waals surface area (Å²) in [4.78, 5) is 21.2. The van der Waals surface area contributed by atoms with Crippen molar-refractivity contribution < 1.29 is 9.18 Å². The fourth-order valence-electron chi connectivity index (χ4n) is 3.40. The molecule has 1 aromatic heterocycles. The summed E-state index contributed by atoms with van der Waals surface area (Å²) >= 11 is 1.40. The first-order valence-electron chi connectivity index (χ1n) is 10.0. The molecule has 156 valence electrons. The van der Waals surface area contributed by atoms with Crippen LogP contribution in [0.15, 0.2) is 48.5 Å². The van der Waals surface area contributed by atoms with Crippen molar-refractivity contribution >= 4 is 28.4 Å². The van der Waals surface area contributed by atoms with E-state index in [0.29, 0.717) is 26.1 Å². The van der Waals surface area contributed by atoms with Gasteiger partial charge >= 0.3 is 6.03 Å². The number of hydrogen-bond donors (Lipinski definition) is 1. The van der Waals surface area contributed by atoms with Crippen LogP contribution in [0.2, 0.25) is 0 Å². The van der Waals surface area contributed by atoms with Gasteiger partial charge in [0, 0.05) is 44.1 Å². The zero-order valence-corrected chi connectivity index (χ0v) is 17.7. The van der Waals surface area contributed by atoms with Gasteiger partial charge in [0.2, 0.25) is 5.13 Å². The van der Waals surface area contributed by atoms with Gasteiger partial charge in [-0.15, -0.1) is 0 Å². The van der Waals surface area contributed by atoms with Gasteiger partial charge in [0.25, 0.3) is 0 Å². The third-order valence-electron chi connectivity index (χ3n) is 5.11. The maximum Gasteiger partial charge on any atom is 0.321 e. The third-order valence-corrected chi connectivity index (χ3v) is 5.92. The fourth-order valence-corrected chi connectivity index (χ4v) is 4.14. The SMILES string of the molecule is Cc1ccc(Cc2nsc(N3CCCN(C(=O)Nc4ccccc4F)CC3)n2)cc1. The van der Waals surface area contributed by atoms with Crippen LogP contribution in [0.25, 0.3) is 0 Å². The summed E-state index contributed by atoms with van der Waals surface area (Å²) in [7, 11) is 0. The van der Waals surface area contributed by atoms with Crippen molar-refractivity contribution in [3.05, 3.63) is 71.3 Å². The average molecular weight is 426 g/mol. The molecule has 6 nitrogen and oxygen atoms in total. The summed E-state index contributed by atoms with van der Waals surface area (Å²) in [6.45, 7) is 4.72. The van der Waals surface area contributed by atoms with E-state index in [1.54, 1.807) is 23.1 Å². The largest absolute Gasteiger partial charge is 0.345 e. The second-order valence-corrected chi connectivity index (χ2v) is 8.12. The number of urea groups is 1. The Morgan fingerprint density at radius 1 is 1.10 bits per heavy atom. The van der Waals surface area contributed by atoms with Crippen LogP contribution in [0.1, 0.15) is 23.4 Å². The smallest absolute Gasteiger partial charge is 0.321 e. The Morgan fingerprint density at radius 3 is 2.70 bits per heavy atom. The van der Waals surface area contributed by atoms with E-state index in [9.17, 15) is 9.18 Å². The Kier molecular flexibility index (Phi) is 6.23. The van der Waals surface area contributed by atoms with Crippen LogP contribution in [0.5, 0.6) is 0 Å². The van der Waals surface area contributed by atoms with Crippen molar-refractivity contribution in [2.45, 2.75) is 19.8 Å². The zero-order valence-electron chi connectivity index (χ0n) is 16.8. The number of amides is 2. The van der Waals surface area contributed by atoms with Crippen molar-refractivity contribution in [2.24, 2.45) is 0 Å². The number of nitrogens with zero attached hydrogens (tertiary/aromatic N) is 4. The Bertz CT molecular complexity index is 1010. The molecule has 0 aliphatic carbocycles. The number of para-hydroxylation sites is 1. The monoisotopic (exact) mass is 425 g/mol. The topological polar surface area (TPSA) is 61.4 Å². The lowest BCUT2D eigenvalue weighted by Crippen LogP contribution is -2.38. The van der Waals surface area contributed by atoms with Crippen LogP contribution < -0.4 is 10.2 Å². The molecule has 30 heavy (non-hydrogen) atoms. The van der Waals surface area contributed by atoms with E-state index in [-0.39, 0.29) is 11.7 Å². The standard InChI is InChI=1S/C22H24FN5OS/c1-16-7-9-17(10-8-16)15-20-25-22(30-26-20)28-12-4-11-27(13-14-28)21(29)24-19-6-3-2-5-18(19)23/h2-3,5-10H,4,11-15H2,1H3,(H,24,29). The highest BCUT2D eigenvalue weighted by Gasteiger charge is 2.22. The lowest BCUT2D eigenvalue weighted by molar-refractivity contribution is 0.215. The van der Waals surface area contributed by atoms with E-state index in [0.717, 1.165) is 23.9 Å². The van der Waals surface area contributed by atoms with Gasteiger partial charge in [-0.25, -0.2) is 14.2 Å². The Balaban J connectivity index is 1.35. The molecule has 8 heteroatoms. The van der Waals surface area contributed by atoms with Gasteiger partial charge in [0.1, 0.15) is 11.6 Å². The lowest BCUT2D eigenvalue weighted by Gasteiger charge is -2.22. The second kappa shape index (κ2) is 9.21. The van der Waals surface area contributed by atoms with Gasteiger partial charge in [0.05, 0.1) is 5.69 Å². The maximum atomic E-state index is 13.8. The normalized spacial score (nSPS) is 14.5. The minimum Gasteiger partial charge on any atom is -0.345 e.